The van der Waals surface area contributed by atoms with Crippen LogP contribution in [0.2, 0.25) is 0 Å². The van der Waals surface area contributed by atoms with Crippen LogP contribution in [0.5, 0.6) is 0 Å². The number of H-pyrrole nitrogens is 1. The fraction of sp³-hybridized carbons (Fsp3) is 0.158. The Hall–Kier alpha value is -3.26. The van der Waals surface area contributed by atoms with E-state index >= 15 is 0 Å². The van der Waals surface area contributed by atoms with Gasteiger partial charge in [0, 0.05) is 30.1 Å². The van der Waals surface area contributed by atoms with E-state index in [0.717, 1.165) is 11.3 Å². The van der Waals surface area contributed by atoms with Crippen LogP contribution in [0.3, 0.4) is 0 Å². The number of amides is 2. The molecule has 4 N–H and O–H groups in total. The van der Waals surface area contributed by atoms with Crippen molar-refractivity contribution in [3.05, 3.63) is 64.2 Å². The highest BCUT2D eigenvalue weighted by atomic mass is 32.1. The van der Waals surface area contributed by atoms with Crippen molar-refractivity contribution in [2.45, 2.75) is 19.4 Å². The third-order valence-corrected chi connectivity index (χ3v) is 4.86. The molecule has 7 nitrogen and oxygen atoms in total. The maximum Gasteiger partial charge on any atom is 0.287 e. The predicted octanol–water partition coefficient (Wildman–Crippen LogP) is 1.84. The van der Waals surface area contributed by atoms with Gasteiger partial charge in [-0.05, 0) is 41.4 Å². The van der Waals surface area contributed by atoms with Crippen LogP contribution in [0.25, 0.3) is 11.3 Å². The van der Waals surface area contributed by atoms with Crippen LogP contribution in [0.4, 0.5) is 0 Å². The van der Waals surface area contributed by atoms with Crippen LogP contribution in [0, 0.1) is 6.92 Å². The van der Waals surface area contributed by atoms with E-state index in [1.54, 1.807) is 24.5 Å². The number of aryl methyl sites for hydroxylation is 1. The van der Waals surface area contributed by atoms with Gasteiger partial charge in [-0.15, -0.1) is 0 Å². The molecule has 2 amide bonds. The maximum atomic E-state index is 12.9. The zero-order valence-corrected chi connectivity index (χ0v) is 15.4. The number of thiophene rings is 1. The molecule has 3 heterocycles. The van der Waals surface area contributed by atoms with Crippen molar-refractivity contribution >= 4 is 28.9 Å². The van der Waals surface area contributed by atoms with Gasteiger partial charge in [0.1, 0.15) is 6.04 Å². The fourth-order valence-corrected chi connectivity index (χ4v) is 3.49. The molecule has 0 bridgehead atoms. The molecule has 27 heavy (non-hydrogen) atoms. The largest absolute Gasteiger partial charge is 0.364 e. The molecule has 0 aliphatic rings. The molecule has 0 aliphatic carbocycles. The van der Waals surface area contributed by atoms with Crippen LogP contribution < -0.4 is 11.1 Å². The summed E-state index contributed by atoms with van der Waals surface area (Å²) in [6.45, 7) is 1.83. The number of primary amides is 1. The van der Waals surface area contributed by atoms with Gasteiger partial charge < -0.3 is 16.0 Å². The van der Waals surface area contributed by atoms with Crippen molar-refractivity contribution < 1.29 is 14.4 Å². The van der Waals surface area contributed by atoms with Gasteiger partial charge in [0.25, 0.3) is 11.8 Å². The van der Waals surface area contributed by atoms with Crippen LogP contribution in [-0.2, 0) is 16.0 Å². The number of nitrogens with two attached hydrogens (primary N) is 1. The number of aromatic amines is 1. The van der Waals surface area contributed by atoms with Crippen LogP contribution >= 0.6 is 11.3 Å². The molecule has 0 aliphatic heterocycles. The van der Waals surface area contributed by atoms with Crippen LogP contribution in [0.15, 0.2) is 47.4 Å². The van der Waals surface area contributed by atoms with Gasteiger partial charge >= 0.3 is 0 Å². The summed E-state index contributed by atoms with van der Waals surface area (Å²) in [6.07, 6.45) is 3.39. The van der Waals surface area contributed by atoms with E-state index in [4.69, 9.17) is 5.73 Å². The summed E-state index contributed by atoms with van der Waals surface area (Å²) < 4.78 is 0. The second-order valence-electron chi connectivity index (χ2n) is 6.01. The average molecular weight is 382 g/mol. The molecule has 0 aromatic carbocycles. The molecule has 0 saturated heterocycles. The fourth-order valence-electron chi connectivity index (χ4n) is 2.81. The van der Waals surface area contributed by atoms with Crippen molar-refractivity contribution in [3.8, 4) is 11.3 Å². The zero-order valence-electron chi connectivity index (χ0n) is 14.6. The SMILES string of the molecule is Cc1[nH]cc(C(=O)NC(Cc2ccsc2)C(=O)C(N)=O)c1-c1ccccn1. The van der Waals surface area contributed by atoms with Gasteiger partial charge in [-0.2, -0.15) is 11.3 Å². The first-order chi connectivity index (χ1) is 13.0. The van der Waals surface area contributed by atoms with Crippen LogP contribution in [0.1, 0.15) is 21.6 Å². The summed E-state index contributed by atoms with van der Waals surface area (Å²) in [5, 5.41) is 6.36. The summed E-state index contributed by atoms with van der Waals surface area (Å²) in [7, 11) is 0. The molecule has 3 rings (SSSR count). The minimum Gasteiger partial charge on any atom is -0.364 e. The van der Waals surface area contributed by atoms with E-state index in [-0.39, 0.29) is 6.42 Å². The Morgan fingerprint density at radius 1 is 1.30 bits per heavy atom. The number of Topliss-reactive ketones (excluding diaryl/α,β-unsaturated/α-hetero) is 1. The summed E-state index contributed by atoms with van der Waals surface area (Å²) >= 11 is 1.47. The van der Waals surface area contributed by atoms with E-state index in [0.29, 0.717) is 16.8 Å². The standard InChI is InChI=1S/C19H18N4O3S/c1-11-16(14-4-2-3-6-21-14)13(9-22-11)19(26)23-15(17(24)18(20)25)8-12-5-7-27-10-12/h2-7,9-10,15,22H,8H2,1H3,(H2,20,25)(H,23,26). The van der Waals surface area contributed by atoms with Gasteiger partial charge in [0.15, 0.2) is 0 Å². The Labute approximate surface area is 159 Å². The number of ketones is 1. The molecular weight excluding hydrogens is 364 g/mol. The highest BCUT2D eigenvalue weighted by Crippen LogP contribution is 2.25. The minimum absolute atomic E-state index is 0.194. The number of aromatic nitrogens is 2. The maximum absolute atomic E-state index is 12.9. The minimum atomic E-state index is -1.08. The van der Waals surface area contributed by atoms with Crippen molar-refractivity contribution in [1.82, 2.24) is 15.3 Å². The molecule has 0 radical (unpaired) electrons. The Morgan fingerprint density at radius 2 is 2.11 bits per heavy atom. The van der Waals surface area contributed by atoms with Crippen molar-refractivity contribution in [1.29, 1.82) is 0 Å². The number of nitrogens with one attached hydrogen (secondary N) is 2. The molecule has 0 saturated carbocycles. The smallest absolute Gasteiger partial charge is 0.287 e. The highest BCUT2D eigenvalue weighted by Gasteiger charge is 2.27. The van der Waals surface area contributed by atoms with Gasteiger partial charge in [-0.1, -0.05) is 6.07 Å². The molecule has 8 heteroatoms. The first-order valence-electron chi connectivity index (χ1n) is 8.22. The Bertz CT molecular complexity index is 964. The second-order valence-corrected chi connectivity index (χ2v) is 6.79. The Morgan fingerprint density at radius 3 is 2.74 bits per heavy atom. The predicted molar refractivity (Wildman–Crippen MR) is 102 cm³/mol. The van der Waals surface area contributed by atoms with E-state index in [9.17, 15) is 14.4 Å². The van der Waals surface area contributed by atoms with Gasteiger partial charge in [0.2, 0.25) is 5.78 Å². The highest BCUT2D eigenvalue weighted by molar-refractivity contribution is 7.07. The first kappa shape index (κ1) is 18.5. The van der Waals surface area contributed by atoms with E-state index in [1.807, 2.05) is 29.8 Å². The van der Waals surface area contributed by atoms with Crippen LogP contribution in [-0.4, -0.2) is 33.6 Å². The Balaban J connectivity index is 1.88. The lowest BCUT2D eigenvalue weighted by Gasteiger charge is -2.16. The summed E-state index contributed by atoms with van der Waals surface area (Å²) in [5.41, 5.74) is 8.40. The van der Waals surface area contributed by atoms with Gasteiger partial charge in [0.05, 0.1) is 11.3 Å². The summed E-state index contributed by atoms with van der Waals surface area (Å²) in [5.74, 6) is -2.39. The lowest BCUT2D eigenvalue weighted by Crippen LogP contribution is -2.47. The first-order valence-corrected chi connectivity index (χ1v) is 9.16. The monoisotopic (exact) mass is 382 g/mol. The van der Waals surface area contributed by atoms with Crippen molar-refractivity contribution in [2.24, 2.45) is 5.73 Å². The van der Waals surface area contributed by atoms with E-state index in [1.165, 1.54) is 11.3 Å². The molecule has 3 aromatic rings. The van der Waals surface area contributed by atoms with Gasteiger partial charge in [-0.3, -0.25) is 19.4 Å². The van der Waals surface area contributed by atoms with Crippen molar-refractivity contribution in [2.75, 3.05) is 0 Å². The number of carbonyl (C=O) groups excluding carboxylic acids is 3. The summed E-state index contributed by atoms with van der Waals surface area (Å²) in [4.78, 5) is 43.7. The molecular formula is C19H18N4O3S. The lowest BCUT2D eigenvalue weighted by molar-refractivity contribution is -0.137. The quantitative estimate of drug-likeness (QED) is 0.540. The average Bonchev–Trinajstić information content (AvgIpc) is 3.30. The number of pyridine rings is 1. The third kappa shape index (κ3) is 4.12. The number of carbonyl (C=O) groups is 3. The van der Waals surface area contributed by atoms with Gasteiger partial charge in [-0.25, -0.2) is 0 Å². The van der Waals surface area contributed by atoms with E-state index < -0.39 is 23.6 Å². The lowest BCUT2D eigenvalue weighted by atomic mass is 10.0. The normalized spacial score (nSPS) is 11.7. The topological polar surface area (TPSA) is 118 Å². The third-order valence-electron chi connectivity index (χ3n) is 4.13. The van der Waals surface area contributed by atoms with E-state index in [2.05, 4.69) is 15.3 Å². The molecule has 0 fully saturated rings. The number of hydrogen-bond acceptors (Lipinski definition) is 5. The second kappa shape index (κ2) is 7.96. The summed E-state index contributed by atoms with van der Waals surface area (Å²) in [6, 6.07) is 6.21. The zero-order chi connectivity index (χ0) is 19.4. The molecule has 1 atom stereocenters. The number of nitrogens with zero attached hydrogens (tertiary/aromatic N) is 1. The molecule has 138 valence electrons. The number of hydrogen-bond donors (Lipinski definition) is 3. The molecule has 0 spiro atoms. The molecule has 3 aromatic heterocycles. The van der Waals surface area contributed by atoms with Crippen molar-refractivity contribution in [3.63, 3.8) is 0 Å². The number of rotatable bonds is 7. The Kier molecular flexibility index (Phi) is 5.46. The molecule has 1 unspecified atom stereocenters.